The normalized spacial score (nSPS) is 17.1. The van der Waals surface area contributed by atoms with Gasteiger partial charge in [0.1, 0.15) is 12.8 Å². The molecule has 1 rings (SSSR count). The summed E-state index contributed by atoms with van der Waals surface area (Å²) in [5.74, 6) is -4.76. The second kappa shape index (κ2) is 5.83. The van der Waals surface area contributed by atoms with Crippen LogP contribution in [0.4, 0.5) is 0 Å². The largest absolute Gasteiger partial charge is 0.481 e. The Balaban J connectivity index is 0.000000325. The van der Waals surface area contributed by atoms with Crippen molar-refractivity contribution in [3.63, 3.8) is 0 Å². The number of ether oxygens (including phenoxy) is 2. The Labute approximate surface area is 96.1 Å². The molecule has 1 fully saturated rings. The quantitative estimate of drug-likeness (QED) is 0.506. The maximum atomic E-state index is 10.6. The molecular weight excluding hydrogens is 236 g/mol. The van der Waals surface area contributed by atoms with Gasteiger partial charge in [0.25, 0.3) is 5.79 Å². The summed E-state index contributed by atoms with van der Waals surface area (Å²) in [4.78, 5) is 40.0. The van der Waals surface area contributed by atoms with Crippen LogP contribution in [0.5, 0.6) is 0 Å². The highest BCUT2D eigenvalue weighted by Crippen LogP contribution is 2.18. The van der Waals surface area contributed by atoms with Crippen LogP contribution in [0.1, 0.15) is 26.7 Å². The van der Waals surface area contributed by atoms with Gasteiger partial charge in [-0.2, -0.15) is 0 Å². The van der Waals surface area contributed by atoms with Crippen molar-refractivity contribution in [3.8, 4) is 0 Å². The third-order valence-corrected chi connectivity index (χ3v) is 1.31. The van der Waals surface area contributed by atoms with E-state index in [1.165, 1.54) is 13.8 Å². The third kappa shape index (κ3) is 7.77. The van der Waals surface area contributed by atoms with Gasteiger partial charge in [0, 0.05) is 13.8 Å². The lowest BCUT2D eigenvalue weighted by molar-refractivity contribution is -0.231. The fourth-order valence-corrected chi connectivity index (χ4v) is 0.889. The molecule has 0 aromatic carbocycles. The van der Waals surface area contributed by atoms with E-state index in [9.17, 15) is 19.2 Å². The first-order valence-corrected chi connectivity index (χ1v) is 4.49. The standard InChI is InChI=1S/C6H8O4.C3H4O4/c1-6(2)9-4(7)3-5(8)10-6;4-2(5)1-3(6)7/h3H2,1-2H3;1H2,(H,4,5)(H,6,7). The van der Waals surface area contributed by atoms with Crippen molar-refractivity contribution in [2.45, 2.75) is 32.5 Å². The van der Waals surface area contributed by atoms with E-state index in [1.807, 2.05) is 0 Å². The Hall–Kier alpha value is -2.12. The minimum Gasteiger partial charge on any atom is -0.481 e. The Morgan fingerprint density at radius 1 is 1.12 bits per heavy atom. The molecule has 1 saturated heterocycles. The van der Waals surface area contributed by atoms with Crippen molar-refractivity contribution < 1.29 is 38.9 Å². The van der Waals surface area contributed by atoms with Crippen LogP contribution in [0.15, 0.2) is 0 Å². The molecule has 0 aliphatic carbocycles. The van der Waals surface area contributed by atoms with E-state index in [0.717, 1.165) is 0 Å². The van der Waals surface area contributed by atoms with Crippen LogP contribution in [0.25, 0.3) is 0 Å². The van der Waals surface area contributed by atoms with Crippen molar-refractivity contribution in [2.75, 3.05) is 0 Å². The van der Waals surface area contributed by atoms with E-state index in [0.29, 0.717) is 0 Å². The van der Waals surface area contributed by atoms with Crippen LogP contribution in [-0.2, 0) is 28.7 Å². The molecule has 2 N–H and O–H groups in total. The number of hydrogen-bond donors (Lipinski definition) is 2. The molecule has 0 bridgehead atoms. The van der Waals surface area contributed by atoms with E-state index >= 15 is 0 Å². The summed E-state index contributed by atoms with van der Waals surface area (Å²) in [5, 5.41) is 15.4. The highest BCUT2D eigenvalue weighted by atomic mass is 16.7. The SMILES string of the molecule is CC1(C)OC(=O)CC(=O)O1.O=C(O)CC(=O)O. The summed E-state index contributed by atoms with van der Waals surface area (Å²) in [6, 6.07) is 0. The highest BCUT2D eigenvalue weighted by molar-refractivity contribution is 5.93. The number of rotatable bonds is 2. The second-order valence-electron chi connectivity index (χ2n) is 3.49. The summed E-state index contributed by atoms with van der Waals surface area (Å²) in [6.07, 6.45) is -1.08. The van der Waals surface area contributed by atoms with Crippen molar-refractivity contribution in [1.29, 1.82) is 0 Å². The average molecular weight is 248 g/mol. The Bertz CT molecular complexity index is 313. The highest BCUT2D eigenvalue weighted by Gasteiger charge is 2.34. The number of carbonyl (C=O) groups excluding carboxylic acids is 2. The Morgan fingerprint density at radius 2 is 1.47 bits per heavy atom. The van der Waals surface area contributed by atoms with Crippen molar-refractivity contribution >= 4 is 23.9 Å². The lowest BCUT2D eigenvalue weighted by atomic mass is 10.3. The zero-order valence-electron chi connectivity index (χ0n) is 9.26. The summed E-state index contributed by atoms with van der Waals surface area (Å²) < 4.78 is 9.32. The van der Waals surface area contributed by atoms with Crippen molar-refractivity contribution in [1.82, 2.24) is 0 Å². The number of cyclic esters (lactones) is 2. The van der Waals surface area contributed by atoms with E-state index < -0.39 is 36.1 Å². The smallest absolute Gasteiger partial charge is 0.320 e. The van der Waals surface area contributed by atoms with E-state index in [4.69, 9.17) is 10.2 Å². The van der Waals surface area contributed by atoms with Gasteiger partial charge in [-0.3, -0.25) is 19.2 Å². The monoisotopic (exact) mass is 248 g/mol. The molecule has 8 nitrogen and oxygen atoms in total. The van der Waals surface area contributed by atoms with Crippen LogP contribution in [0.3, 0.4) is 0 Å². The van der Waals surface area contributed by atoms with Gasteiger partial charge in [0.05, 0.1) is 0 Å². The van der Waals surface area contributed by atoms with Crippen LogP contribution in [0, 0.1) is 0 Å². The minimum atomic E-state index is -1.31. The lowest BCUT2D eigenvalue weighted by Gasteiger charge is -2.28. The van der Waals surface area contributed by atoms with E-state index in [2.05, 4.69) is 9.47 Å². The number of aliphatic carboxylic acids is 2. The molecule has 0 aromatic heterocycles. The first kappa shape index (κ1) is 14.9. The lowest BCUT2D eigenvalue weighted by Crippen LogP contribution is -2.39. The molecule has 1 aliphatic rings. The Kier molecular flexibility index (Phi) is 5.10. The van der Waals surface area contributed by atoms with Crippen LogP contribution >= 0.6 is 0 Å². The average Bonchev–Trinajstić information content (AvgIpc) is 1.95. The molecule has 0 saturated carbocycles. The van der Waals surface area contributed by atoms with Crippen LogP contribution in [-0.4, -0.2) is 39.9 Å². The van der Waals surface area contributed by atoms with Crippen molar-refractivity contribution in [2.24, 2.45) is 0 Å². The maximum absolute atomic E-state index is 10.6. The van der Waals surface area contributed by atoms with Crippen LogP contribution < -0.4 is 0 Å². The van der Waals surface area contributed by atoms with Gasteiger partial charge < -0.3 is 19.7 Å². The summed E-state index contributed by atoms with van der Waals surface area (Å²) in [5.41, 5.74) is 0. The van der Waals surface area contributed by atoms with Gasteiger partial charge in [0.2, 0.25) is 0 Å². The molecule has 96 valence electrons. The topological polar surface area (TPSA) is 127 Å². The summed E-state index contributed by atoms with van der Waals surface area (Å²) >= 11 is 0. The van der Waals surface area contributed by atoms with Gasteiger partial charge in [0.15, 0.2) is 0 Å². The zero-order valence-corrected chi connectivity index (χ0v) is 9.26. The fourth-order valence-electron chi connectivity index (χ4n) is 0.889. The fraction of sp³-hybridized carbons (Fsp3) is 0.556. The number of hydrogen-bond acceptors (Lipinski definition) is 6. The predicted molar refractivity (Wildman–Crippen MR) is 50.8 cm³/mol. The number of carboxylic acid groups (broad SMARTS) is 2. The third-order valence-electron chi connectivity index (χ3n) is 1.31. The first-order chi connectivity index (χ1) is 7.62. The molecule has 0 unspecified atom stereocenters. The maximum Gasteiger partial charge on any atom is 0.320 e. The van der Waals surface area contributed by atoms with E-state index in [-0.39, 0.29) is 6.42 Å². The van der Waals surface area contributed by atoms with Gasteiger partial charge in [-0.05, 0) is 0 Å². The molecular formula is C9H12O8. The van der Waals surface area contributed by atoms with Crippen molar-refractivity contribution in [3.05, 3.63) is 0 Å². The van der Waals surface area contributed by atoms with E-state index in [1.54, 1.807) is 0 Å². The number of carboxylic acids is 2. The molecule has 0 atom stereocenters. The molecule has 0 amide bonds. The summed E-state index contributed by atoms with van der Waals surface area (Å²) in [6.45, 7) is 3.03. The summed E-state index contributed by atoms with van der Waals surface area (Å²) in [7, 11) is 0. The predicted octanol–water partition coefficient (Wildman–Crippen LogP) is -0.242. The molecule has 8 heteroatoms. The molecule has 0 spiro atoms. The molecule has 0 radical (unpaired) electrons. The first-order valence-electron chi connectivity index (χ1n) is 4.49. The van der Waals surface area contributed by atoms with Gasteiger partial charge in [-0.15, -0.1) is 0 Å². The molecule has 1 heterocycles. The molecule has 0 aromatic rings. The second-order valence-corrected chi connectivity index (χ2v) is 3.49. The number of esters is 2. The van der Waals surface area contributed by atoms with Gasteiger partial charge in [-0.25, -0.2) is 0 Å². The van der Waals surface area contributed by atoms with Gasteiger partial charge in [-0.1, -0.05) is 0 Å². The zero-order chi connectivity index (χ0) is 13.6. The molecule has 1 aliphatic heterocycles. The van der Waals surface area contributed by atoms with Crippen LogP contribution in [0.2, 0.25) is 0 Å². The number of carbonyl (C=O) groups is 4. The Morgan fingerprint density at radius 3 is 1.65 bits per heavy atom. The minimum absolute atomic E-state index is 0.274. The van der Waals surface area contributed by atoms with Gasteiger partial charge >= 0.3 is 23.9 Å². The molecule has 17 heavy (non-hydrogen) atoms.